The maximum atomic E-state index is 12.7. The molecular weight excluding hydrogens is 440 g/mol. The lowest BCUT2D eigenvalue weighted by Gasteiger charge is -2.20. The Labute approximate surface area is 176 Å². The van der Waals surface area contributed by atoms with Crippen LogP contribution in [0.1, 0.15) is 27.4 Å². The zero-order valence-corrected chi connectivity index (χ0v) is 17.5. The van der Waals surface area contributed by atoms with Gasteiger partial charge in [-0.2, -0.15) is 0 Å². The number of aromatic nitrogens is 1. The fraction of sp³-hybridized carbons (Fsp3) is 0.238. The predicted molar refractivity (Wildman–Crippen MR) is 110 cm³/mol. The Morgan fingerprint density at radius 2 is 1.93 bits per heavy atom. The van der Waals surface area contributed by atoms with E-state index in [2.05, 4.69) is 26.4 Å². The molecule has 0 saturated heterocycles. The standard InChI is InChI=1S/C21H19BrN2O5/c1-12-16(13(2)29-24-12)11-28-15-5-3-4-14(8-15)21(25)23-18-10-20-19(9-17(18)22)26-6-7-27-20/h3-5,8-10H,6-7,11H2,1-2H3,(H,23,25). The van der Waals surface area contributed by atoms with Crippen LogP contribution in [0.3, 0.4) is 0 Å². The molecule has 3 aromatic rings. The SMILES string of the molecule is Cc1noc(C)c1COc1cccc(C(=O)Nc2cc3c(cc2Br)OCCO3)c1. The van der Waals surface area contributed by atoms with E-state index in [0.717, 1.165) is 17.0 Å². The number of anilines is 1. The van der Waals surface area contributed by atoms with E-state index in [1.54, 1.807) is 36.4 Å². The van der Waals surface area contributed by atoms with Crippen LogP contribution in [-0.4, -0.2) is 24.3 Å². The van der Waals surface area contributed by atoms with Gasteiger partial charge in [0, 0.05) is 22.2 Å². The number of carbonyl (C=O) groups excluding carboxylic acids is 1. The molecular formula is C21H19BrN2O5. The van der Waals surface area contributed by atoms with Gasteiger partial charge in [0.05, 0.1) is 16.9 Å². The van der Waals surface area contributed by atoms with Gasteiger partial charge < -0.3 is 24.1 Å². The summed E-state index contributed by atoms with van der Waals surface area (Å²) in [4.78, 5) is 12.7. The summed E-state index contributed by atoms with van der Waals surface area (Å²) >= 11 is 3.46. The molecule has 1 aromatic heterocycles. The smallest absolute Gasteiger partial charge is 0.255 e. The van der Waals surface area contributed by atoms with Crippen molar-refractivity contribution in [3.63, 3.8) is 0 Å². The summed E-state index contributed by atoms with van der Waals surface area (Å²) in [5.41, 5.74) is 2.77. The lowest BCUT2D eigenvalue weighted by molar-refractivity contribution is 0.102. The molecule has 1 N–H and O–H groups in total. The number of carbonyl (C=O) groups is 1. The zero-order chi connectivity index (χ0) is 20.4. The second kappa shape index (κ2) is 8.16. The second-order valence-electron chi connectivity index (χ2n) is 6.55. The van der Waals surface area contributed by atoms with Crippen molar-refractivity contribution in [1.29, 1.82) is 0 Å². The highest BCUT2D eigenvalue weighted by molar-refractivity contribution is 9.10. The highest BCUT2D eigenvalue weighted by atomic mass is 79.9. The van der Waals surface area contributed by atoms with Gasteiger partial charge in [-0.1, -0.05) is 11.2 Å². The Bertz CT molecular complexity index is 1040. The minimum absolute atomic E-state index is 0.259. The van der Waals surface area contributed by atoms with E-state index in [0.29, 0.717) is 52.8 Å². The Hall–Kier alpha value is -3.00. The molecule has 0 bridgehead atoms. The van der Waals surface area contributed by atoms with Crippen LogP contribution in [0.25, 0.3) is 0 Å². The first-order valence-electron chi connectivity index (χ1n) is 9.06. The normalized spacial score (nSPS) is 12.5. The highest BCUT2D eigenvalue weighted by Crippen LogP contribution is 2.38. The van der Waals surface area contributed by atoms with Gasteiger partial charge in [0.2, 0.25) is 0 Å². The number of rotatable bonds is 5. The molecule has 1 aliphatic rings. The summed E-state index contributed by atoms with van der Waals surface area (Å²) in [6.45, 7) is 5.01. The van der Waals surface area contributed by atoms with Crippen LogP contribution in [0.15, 0.2) is 45.4 Å². The maximum Gasteiger partial charge on any atom is 0.255 e. The zero-order valence-electron chi connectivity index (χ0n) is 16.0. The summed E-state index contributed by atoms with van der Waals surface area (Å²) in [7, 11) is 0. The third kappa shape index (κ3) is 4.22. The van der Waals surface area contributed by atoms with E-state index in [1.807, 2.05) is 13.8 Å². The Kier molecular flexibility index (Phi) is 5.44. The first-order valence-corrected chi connectivity index (χ1v) is 9.85. The minimum Gasteiger partial charge on any atom is -0.489 e. The summed E-state index contributed by atoms with van der Waals surface area (Å²) < 4.78 is 22.8. The molecule has 1 aliphatic heterocycles. The largest absolute Gasteiger partial charge is 0.489 e. The average Bonchev–Trinajstić information content (AvgIpc) is 3.04. The fourth-order valence-electron chi connectivity index (χ4n) is 2.94. The molecule has 0 aliphatic carbocycles. The molecule has 0 radical (unpaired) electrons. The first-order chi connectivity index (χ1) is 14.0. The second-order valence-corrected chi connectivity index (χ2v) is 7.40. The van der Waals surface area contributed by atoms with Crippen LogP contribution in [-0.2, 0) is 6.61 Å². The molecule has 0 saturated carbocycles. The lowest BCUT2D eigenvalue weighted by Crippen LogP contribution is -2.17. The Balaban J connectivity index is 1.47. The molecule has 0 spiro atoms. The van der Waals surface area contributed by atoms with Crippen molar-refractivity contribution in [2.45, 2.75) is 20.5 Å². The van der Waals surface area contributed by atoms with Crippen molar-refractivity contribution in [2.24, 2.45) is 0 Å². The molecule has 2 heterocycles. The molecule has 0 fully saturated rings. The molecule has 4 rings (SSSR count). The van der Waals surface area contributed by atoms with Gasteiger partial charge in [-0.05, 0) is 48.0 Å². The number of halogens is 1. The van der Waals surface area contributed by atoms with Crippen molar-refractivity contribution in [2.75, 3.05) is 18.5 Å². The Morgan fingerprint density at radius 1 is 1.17 bits per heavy atom. The molecule has 2 aromatic carbocycles. The molecule has 8 heteroatoms. The quantitative estimate of drug-likeness (QED) is 0.598. The Morgan fingerprint density at radius 3 is 2.66 bits per heavy atom. The number of hydrogen-bond acceptors (Lipinski definition) is 6. The predicted octanol–water partition coefficient (Wildman–Crippen LogP) is 4.66. The molecule has 7 nitrogen and oxygen atoms in total. The van der Waals surface area contributed by atoms with Gasteiger partial charge in [0.1, 0.15) is 31.3 Å². The van der Waals surface area contributed by atoms with Crippen LogP contribution in [0.4, 0.5) is 5.69 Å². The van der Waals surface area contributed by atoms with Crippen molar-refractivity contribution < 1.29 is 23.5 Å². The number of benzene rings is 2. The van der Waals surface area contributed by atoms with Crippen molar-refractivity contribution in [1.82, 2.24) is 5.16 Å². The first kappa shape index (κ1) is 19.3. The summed E-state index contributed by atoms with van der Waals surface area (Å²) in [6, 6.07) is 10.5. The van der Waals surface area contributed by atoms with E-state index in [9.17, 15) is 4.79 Å². The summed E-state index contributed by atoms with van der Waals surface area (Å²) in [5, 5.41) is 6.81. The monoisotopic (exact) mass is 458 g/mol. The van der Waals surface area contributed by atoms with Gasteiger partial charge >= 0.3 is 0 Å². The maximum absolute atomic E-state index is 12.7. The van der Waals surface area contributed by atoms with Crippen molar-refractivity contribution in [3.8, 4) is 17.2 Å². The number of nitrogens with zero attached hydrogens (tertiary/aromatic N) is 1. The molecule has 0 unspecified atom stereocenters. The highest BCUT2D eigenvalue weighted by Gasteiger charge is 2.17. The third-order valence-electron chi connectivity index (χ3n) is 4.54. The summed E-state index contributed by atoms with van der Waals surface area (Å²) in [6.07, 6.45) is 0. The summed E-state index contributed by atoms with van der Waals surface area (Å²) in [5.74, 6) is 2.30. The lowest BCUT2D eigenvalue weighted by atomic mass is 10.2. The average molecular weight is 459 g/mol. The number of nitrogens with one attached hydrogen (secondary N) is 1. The van der Waals surface area contributed by atoms with Gasteiger partial charge in [-0.15, -0.1) is 0 Å². The number of fused-ring (bicyclic) bond motifs is 1. The molecule has 150 valence electrons. The van der Waals surface area contributed by atoms with Gasteiger partial charge in [-0.3, -0.25) is 4.79 Å². The van der Waals surface area contributed by atoms with Gasteiger partial charge in [0.25, 0.3) is 5.91 Å². The van der Waals surface area contributed by atoms with Crippen molar-refractivity contribution in [3.05, 3.63) is 63.5 Å². The van der Waals surface area contributed by atoms with E-state index in [1.165, 1.54) is 0 Å². The van der Waals surface area contributed by atoms with Crippen LogP contribution < -0.4 is 19.5 Å². The number of amides is 1. The van der Waals surface area contributed by atoms with E-state index in [-0.39, 0.29) is 5.91 Å². The topological polar surface area (TPSA) is 82.8 Å². The van der Waals surface area contributed by atoms with Crippen LogP contribution >= 0.6 is 15.9 Å². The fourth-order valence-corrected chi connectivity index (χ4v) is 3.37. The van der Waals surface area contributed by atoms with Crippen LogP contribution in [0, 0.1) is 13.8 Å². The third-order valence-corrected chi connectivity index (χ3v) is 5.20. The molecule has 0 atom stereocenters. The number of ether oxygens (including phenoxy) is 3. The number of aryl methyl sites for hydroxylation is 2. The van der Waals surface area contributed by atoms with Crippen LogP contribution in [0.2, 0.25) is 0 Å². The van der Waals surface area contributed by atoms with Gasteiger partial charge in [-0.25, -0.2) is 0 Å². The molecule has 29 heavy (non-hydrogen) atoms. The minimum atomic E-state index is -0.259. The van der Waals surface area contributed by atoms with Crippen LogP contribution in [0.5, 0.6) is 17.2 Å². The van der Waals surface area contributed by atoms with E-state index >= 15 is 0 Å². The van der Waals surface area contributed by atoms with E-state index < -0.39 is 0 Å². The number of hydrogen-bond donors (Lipinski definition) is 1. The van der Waals surface area contributed by atoms with Crippen molar-refractivity contribution >= 4 is 27.5 Å². The van der Waals surface area contributed by atoms with Gasteiger partial charge in [0.15, 0.2) is 11.5 Å². The van der Waals surface area contributed by atoms with E-state index in [4.69, 9.17) is 18.7 Å². The molecule has 1 amide bonds.